The van der Waals surface area contributed by atoms with E-state index in [4.69, 9.17) is 0 Å². The molecule has 0 aliphatic rings. The molecule has 0 radical (unpaired) electrons. The summed E-state index contributed by atoms with van der Waals surface area (Å²) in [6.07, 6.45) is 0. The molecular formula is C20H20N2O2. The Bertz CT molecular complexity index is 796. The van der Waals surface area contributed by atoms with Crippen LogP contribution in [0.4, 0.5) is 5.69 Å². The molecule has 2 aromatic carbocycles. The Hall–Kier alpha value is -3.06. The van der Waals surface area contributed by atoms with E-state index in [-0.39, 0.29) is 18.2 Å². The Balaban J connectivity index is 1.93. The van der Waals surface area contributed by atoms with Crippen molar-refractivity contribution in [1.82, 2.24) is 5.32 Å². The van der Waals surface area contributed by atoms with Crippen LogP contribution in [0.2, 0.25) is 0 Å². The zero-order valence-corrected chi connectivity index (χ0v) is 14.1. The fourth-order valence-corrected chi connectivity index (χ4v) is 2.09. The molecule has 0 aromatic heterocycles. The molecule has 1 amide bonds. The molecule has 0 fully saturated rings. The molecule has 4 nitrogen and oxygen atoms in total. The van der Waals surface area contributed by atoms with Crippen LogP contribution in [-0.4, -0.2) is 32.3 Å². The van der Waals surface area contributed by atoms with Crippen molar-refractivity contribution in [1.29, 1.82) is 0 Å². The second-order valence-electron chi connectivity index (χ2n) is 5.56. The smallest absolute Gasteiger partial charge is 0.252 e. The Morgan fingerprint density at radius 2 is 1.75 bits per heavy atom. The normalized spacial score (nSPS) is 9.62. The monoisotopic (exact) mass is 320 g/mol. The number of rotatable bonds is 4. The standard InChI is InChI=1S/C20H20N2O2/c1-15(23)17-11-9-16(10-12-17)6-5-13-21-20(24)18-7-4-8-19(14-18)22(2)3/h4,7-12,14H,13H2,1-3H3,(H,21,24). The van der Waals surface area contributed by atoms with Crippen molar-refractivity contribution in [3.05, 3.63) is 65.2 Å². The van der Waals surface area contributed by atoms with Crippen molar-refractivity contribution < 1.29 is 9.59 Å². The SMILES string of the molecule is CC(=O)c1ccc(C#CCNC(=O)c2cccc(N(C)C)c2)cc1. The van der Waals surface area contributed by atoms with Gasteiger partial charge in [-0.25, -0.2) is 0 Å². The van der Waals surface area contributed by atoms with Gasteiger partial charge in [0.2, 0.25) is 0 Å². The molecule has 0 aliphatic heterocycles. The van der Waals surface area contributed by atoms with Crippen LogP contribution >= 0.6 is 0 Å². The minimum absolute atomic E-state index is 0.0294. The first-order valence-electron chi connectivity index (χ1n) is 7.63. The fraction of sp³-hybridized carbons (Fsp3) is 0.200. The van der Waals surface area contributed by atoms with Gasteiger partial charge in [-0.05, 0) is 37.3 Å². The zero-order chi connectivity index (χ0) is 17.5. The van der Waals surface area contributed by atoms with Crippen LogP contribution in [0.1, 0.15) is 33.2 Å². The quantitative estimate of drug-likeness (QED) is 0.696. The highest BCUT2D eigenvalue weighted by Crippen LogP contribution is 2.13. The van der Waals surface area contributed by atoms with Crippen LogP contribution in [0, 0.1) is 11.8 Å². The number of ketones is 1. The predicted molar refractivity (Wildman–Crippen MR) is 96.4 cm³/mol. The van der Waals surface area contributed by atoms with Gasteiger partial charge in [0.1, 0.15) is 0 Å². The average molecular weight is 320 g/mol. The molecule has 0 atom stereocenters. The van der Waals surface area contributed by atoms with E-state index in [1.54, 1.807) is 30.3 Å². The summed E-state index contributed by atoms with van der Waals surface area (Å²) in [5.41, 5.74) is 3.05. The molecule has 4 heteroatoms. The van der Waals surface area contributed by atoms with Gasteiger partial charge in [-0.3, -0.25) is 9.59 Å². The van der Waals surface area contributed by atoms with Crippen LogP contribution in [-0.2, 0) is 0 Å². The fourth-order valence-electron chi connectivity index (χ4n) is 2.09. The Labute approximate surface area is 142 Å². The van der Waals surface area contributed by atoms with Crippen LogP contribution in [0.5, 0.6) is 0 Å². The van der Waals surface area contributed by atoms with Gasteiger partial charge < -0.3 is 10.2 Å². The molecule has 2 rings (SSSR count). The van der Waals surface area contributed by atoms with Crippen molar-refractivity contribution in [3.8, 4) is 11.8 Å². The number of carbonyl (C=O) groups excluding carboxylic acids is 2. The molecule has 0 heterocycles. The summed E-state index contributed by atoms with van der Waals surface area (Å²) in [6.45, 7) is 1.79. The molecule has 2 aromatic rings. The van der Waals surface area contributed by atoms with Gasteiger partial charge in [0.15, 0.2) is 5.78 Å². The molecule has 24 heavy (non-hydrogen) atoms. The molecule has 0 unspecified atom stereocenters. The van der Waals surface area contributed by atoms with Gasteiger partial charge >= 0.3 is 0 Å². The number of nitrogens with one attached hydrogen (secondary N) is 1. The topological polar surface area (TPSA) is 49.4 Å². The van der Waals surface area contributed by atoms with Gasteiger partial charge in [-0.15, -0.1) is 0 Å². The molecule has 0 saturated carbocycles. The van der Waals surface area contributed by atoms with E-state index in [0.29, 0.717) is 11.1 Å². The van der Waals surface area contributed by atoms with Crippen molar-refractivity contribution in [2.45, 2.75) is 6.92 Å². The number of benzene rings is 2. The van der Waals surface area contributed by atoms with Crippen LogP contribution in [0.15, 0.2) is 48.5 Å². The Morgan fingerprint density at radius 1 is 1.04 bits per heavy atom. The maximum atomic E-state index is 12.1. The minimum atomic E-state index is -0.153. The summed E-state index contributed by atoms with van der Waals surface area (Å²) >= 11 is 0. The number of nitrogens with zero attached hydrogens (tertiary/aromatic N) is 1. The van der Waals surface area contributed by atoms with Gasteiger partial charge in [-0.2, -0.15) is 0 Å². The number of anilines is 1. The van der Waals surface area contributed by atoms with Gasteiger partial charge in [0, 0.05) is 36.5 Å². The first-order valence-corrected chi connectivity index (χ1v) is 7.63. The van der Waals surface area contributed by atoms with E-state index >= 15 is 0 Å². The van der Waals surface area contributed by atoms with Crippen LogP contribution < -0.4 is 10.2 Å². The zero-order valence-electron chi connectivity index (χ0n) is 14.1. The minimum Gasteiger partial charge on any atom is -0.378 e. The third-order valence-corrected chi connectivity index (χ3v) is 3.49. The third kappa shape index (κ3) is 4.72. The van der Waals surface area contributed by atoms with E-state index in [2.05, 4.69) is 17.2 Å². The summed E-state index contributed by atoms with van der Waals surface area (Å²) in [5.74, 6) is 5.75. The lowest BCUT2D eigenvalue weighted by Gasteiger charge is -2.13. The second-order valence-corrected chi connectivity index (χ2v) is 5.56. The molecule has 0 aliphatic carbocycles. The van der Waals surface area contributed by atoms with Crippen LogP contribution in [0.3, 0.4) is 0 Å². The molecule has 0 bridgehead atoms. The van der Waals surface area contributed by atoms with Crippen molar-refractivity contribution in [3.63, 3.8) is 0 Å². The summed E-state index contributed by atoms with van der Waals surface area (Å²) in [4.78, 5) is 25.3. The lowest BCUT2D eigenvalue weighted by molar-refractivity contribution is 0.0957. The highest BCUT2D eigenvalue weighted by Gasteiger charge is 2.05. The first kappa shape index (κ1) is 17.3. The maximum absolute atomic E-state index is 12.1. The van der Waals surface area contributed by atoms with E-state index in [0.717, 1.165) is 11.3 Å². The lowest BCUT2D eigenvalue weighted by Crippen LogP contribution is -2.23. The number of hydrogen-bond acceptors (Lipinski definition) is 3. The van der Waals surface area contributed by atoms with E-state index in [9.17, 15) is 9.59 Å². The Morgan fingerprint density at radius 3 is 2.38 bits per heavy atom. The van der Waals surface area contributed by atoms with E-state index < -0.39 is 0 Å². The van der Waals surface area contributed by atoms with Gasteiger partial charge in [-0.1, -0.05) is 30.0 Å². The van der Waals surface area contributed by atoms with Crippen molar-refractivity contribution in [2.75, 3.05) is 25.5 Å². The molecule has 0 spiro atoms. The molecule has 122 valence electrons. The number of carbonyl (C=O) groups is 2. The van der Waals surface area contributed by atoms with E-state index in [1.165, 1.54) is 6.92 Å². The summed E-state index contributed by atoms with van der Waals surface area (Å²) < 4.78 is 0. The molecule has 0 saturated heterocycles. The summed E-state index contributed by atoms with van der Waals surface area (Å²) in [7, 11) is 3.86. The summed E-state index contributed by atoms with van der Waals surface area (Å²) in [6, 6.07) is 14.5. The highest BCUT2D eigenvalue weighted by atomic mass is 16.1. The average Bonchev–Trinajstić information content (AvgIpc) is 2.59. The number of Topliss-reactive ketones (excluding diaryl/α,β-unsaturated/α-hetero) is 1. The second kappa shape index (κ2) is 7.98. The number of hydrogen-bond donors (Lipinski definition) is 1. The third-order valence-electron chi connectivity index (χ3n) is 3.49. The van der Waals surface area contributed by atoms with Crippen molar-refractivity contribution in [2.24, 2.45) is 0 Å². The van der Waals surface area contributed by atoms with Crippen molar-refractivity contribution >= 4 is 17.4 Å². The summed E-state index contributed by atoms with van der Waals surface area (Å²) in [5, 5.41) is 2.78. The largest absolute Gasteiger partial charge is 0.378 e. The van der Waals surface area contributed by atoms with E-state index in [1.807, 2.05) is 37.2 Å². The Kier molecular flexibility index (Phi) is 5.75. The number of amides is 1. The molecule has 1 N–H and O–H groups in total. The molecular weight excluding hydrogens is 300 g/mol. The predicted octanol–water partition coefficient (Wildman–Crippen LogP) is 2.74. The van der Waals surface area contributed by atoms with Crippen LogP contribution in [0.25, 0.3) is 0 Å². The highest BCUT2D eigenvalue weighted by molar-refractivity contribution is 5.95. The maximum Gasteiger partial charge on any atom is 0.252 e. The first-order chi connectivity index (χ1) is 11.5. The van der Waals surface area contributed by atoms with Gasteiger partial charge in [0.05, 0.1) is 6.54 Å². The lowest BCUT2D eigenvalue weighted by atomic mass is 10.1. The van der Waals surface area contributed by atoms with Gasteiger partial charge in [0.25, 0.3) is 5.91 Å².